The summed E-state index contributed by atoms with van der Waals surface area (Å²) in [5.41, 5.74) is -1.16. The van der Waals surface area contributed by atoms with Gasteiger partial charge in [-0.15, -0.1) is 0 Å². The number of guanidine groups is 1. The topological polar surface area (TPSA) is 43.2 Å². The van der Waals surface area contributed by atoms with Crippen LogP contribution in [0, 0.1) is 5.82 Å². The van der Waals surface area contributed by atoms with Gasteiger partial charge in [-0.25, -0.2) is 14.4 Å². The minimum atomic E-state index is -4.75. The highest BCUT2D eigenvalue weighted by Crippen LogP contribution is 2.42. The molecule has 0 saturated carbocycles. The Morgan fingerprint density at radius 2 is 2.00 bits per heavy atom. The third-order valence-electron chi connectivity index (χ3n) is 4.48. The Balaban J connectivity index is 2.07. The number of likely N-dealkylation sites (tertiary alicyclic amines) is 1. The predicted octanol–water partition coefficient (Wildman–Crippen LogP) is 3.12. The van der Waals surface area contributed by atoms with Crippen LogP contribution in [0.1, 0.15) is 31.0 Å². The van der Waals surface area contributed by atoms with E-state index < -0.39 is 23.6 Å². The molecule has 25 heavy (non-hydrogen) atoms. The van der Waals surface area contributed by atoms with E-state index >= 15 is 0 Å². The smallest absolute Gasteiger partial charge is 0.338 e. The van der Waals surface area contributed by atoms with Crippen LogP contribution in [-0.2, 0) is 6.18 Å². The molecule has 136 valence electrons. The minimum absolute atomic E-state index is 0.0881. The summed E-state index contributed by atoms with van der Waals surface area (Å²) in [5.74, 6) is -0.767. The number of aliphatic imine (C=N–C) groups is 1. The van der Waals surface area contributed by atoms with Crippen molar-refractivity contribution in [1.29, 1.82) is 0 Å². The molecule has 1 N–H and O–H groups in total. The number of hydrogen-bond acceptors (Lipinski definition) is 5. The maximum absolute atomic E-state index is 14.6. The first-order valence-corrected chi connectivity index (χ1v) is 7.96. The van der Waals surface area contributed by atoms with E-state index in [1.54, 1.807) is 13.8 Å². The third-order valence-corrected chi connectivity index (χ3v) is 4.48. The first-order valence-electron chi connectivity index (χ1n) is 7.96. The Kier molecular flexibility index (Phi) is 4.44. The monoisotopic (exact) mass is 357 g/mol. The summed E-state index contributed by atoms with van der Waals surface area (Å²) < 4.78 is 53.6. The normalized spacial score (nSPS) is 21.4. The predicted molar refractivity (Wildman–Crippen MR) is 87.3 cm³/mol. The van der Waals surface area contributed by atoms with E-state index in [9.17, 15) is 17.6 Å². The average molecular weight is 357 g/mol. The van der Waals surface area contributed by atoms with Crippen molar-refractivity contribution in [3.05, 3.63) is 29.1 Å². The molecule has 0 aliphatic carbocycles. The summed E-state index contributed by atoms with van der Waals surface area (Å²) >= 11 is 0. The molecule has 1 aromatic rings. The standard InChI is InChI=1S/C16H19F4N5/c1-4-22-25-9(2)13-12(6-5-11(14(13)17)16(18,19)20)23-15(25)24-7-10(8-24)21-3/h4-6,9-10,21H,7-8H2,1-3H3/b22-4-. The van der Waals surface area contributed by atoms with Crippen molar-refractivity contribution in [3.8, 4) is 0 Å². The fourth-order valence-electron chi connectivity index (χ4n) is 3.07. The zero-order valence-electron chi connectivity index (χ0n) is 14.1. The molecule has 1 aromatic carbocycles. The molecule has 0 amide bonds. The number of fused-ring (bicyclic) bond motifs is 1. The molecule has 9 heteroatoms. The van der Waals surface area contributed by atoms with Crippen LogP contribution in [0.15, 0.2) is 22.2 Å². The number of hydrogen-bond donors (Lipinski definition) is 1. The molecule has 0 radical (unpaired) electrons. The van der Waals surface area contributed by atoms with E-state index in [4.69, 9.17) is 0 Å². The maximum Gasteiger partial charge on any atom is 0.419 e. The number of likely N-dealkylation sites (N-methyl/N-ethyl adjacent to an activating group) is 1. The Hall–Kier alpha value is -2.16. The third kappa shape index (κ3) is 2.97. The number of nitrogens with one attached hydrogen (secondary N) is 1. The van der Waals surface area contributed by atoms with Gasteiger partial charge in [0.2, 0.25) is 5.96 Å². The molecule has 1 atom stereocenters. The van der Waals surface area contributed by atoms with Crippen molar-refractivity contribution in [2.24, 2.45) is 10.1 Å². The molecule has 5 nitrogen and oxygen atoms in total. The van der Waals surface area contributed by atoms with Crippen LogP contribution in [0.3, 0.4) is 0 Å². The zero-order chi connectivity index (χ0) is 18.4. The Labute approximate surface area is 143 Å². The van der Waals surface area contributed by atoms with Gasteiger partial charge < -0.3 is 10.2 Å². The average Bonchev–Trinajstić information content (AvgIpc) is 2.48. The quantitative estimate of drug-likeness (QED) is 0.653. The second kappa shape index (κ2) is 6.29. The van der Waals surface area contributed by atoms with Crippen molar-refractivity contribution >= 4 is 17.9 Å². The van der Waals surface area contributed by atoms with Crippen molar-refractivity contribution < 1.29 is 17.6 Å². The van der Waals surface area contributed by atoms with Gasteiger partial charge >= 0.3 is 6.18 Å². The molecule has 2 aliphatic heterocycles. The van der Waals surface area contributed by atoms with Crippen LogP contribution < -0.4 is 5.32 Å². The van der Waals surface area contributed by atoms with E-state index in [0.29, 0.717) is 25.1 Å². The van der Waals surface area contributed by atoms with E-state index in [0.717, 1.165) is 6.07 Å². The summed E-state index contributed by atoms with van der Waals surface area (Å²) in [7, 11) is 1.86. The van der Waals surface area contributed by atoms with Gasteiger partial charge in [-0.05, 0) is 33.0 Å². The summed E-state index contributed by atoms with van der Waals surface area (Å²) in [4.78, 5) is 6.35. The fourth-order valence-corrected chi connectivity index (χ4v) is 3.07. The summed E-state index contributed by atoms with van der Waals surface area (Å²) in [6.07, 6.45) is -3.24. The number of rotatable bonds is 2. The van der Waals surface area contributed by atoms with Crippen LogP contribution in [0.5, 0.6) is 0 Å². The van der Waals surface area contributed by atoms with Crippen LogP contribution in [-0.4, -0.2) is 48.3 Å². The molecular formula is C16H19F4N5. The van der Waals surface area contributed by atoms with Gasteiger partial charge in [-0.3, -0.25) is 0 Å². The van der Waals surface area contributed by atoms with Gasteiger partial charge in [-0.2, -0.15) is 18.3 Å². The highest BCUT2D eigenvalue weighted by Gasteiger charge is 2.41. The van der Waals surface area contributed by atoms with Crippen LogP contribution in [0.2, 0.25) is 0 Å². The lowest BCUT2D eigenvalue weighted by Crippen LogP contribution is -2.62. The molecular weight excluding hydrogens is 338 g/mol. The van der Waals surface area contributed by atoms with E-state index in [1.165, 1.54) is 17.3 Å². The molecule has 0 aromatic heterocycles. The van der Waals surface area contributed by atoms with Crippen LogP contribution in [0.4, 0.5) is 23.2 Å². The number of nitrogens with zero attached hydrogens (tertiary/aromatic N) is 4. The lowest BCUT2D eigenvalue weighted by Gasteiger charge is -2.45. The maximum atomic E-state index is 14.6. The van der Waals surface area contributed by atoms with Crippen molar-refractivity contribution in [2.45, 2.75) is 32.1 Å². The zero-order valence-corrected chi connectivity index (χ0v) is 14.1. The molecule has 1 saturated heterocycles. The van der Waals surface area contributed by atoms with Gasteiger partial charge in [-0.1, -0.05) is 0 Å². The van der Waals surface area contributed by atoms with Gasteiger partial charge in [0, 0.05) is 30.9 Å². The number of halogens is 4. The van der Waals surface area contributed by atoms with E-state index in [2.05, 4.69) is 15.4 Å². The summed E-state index contributed by atoms with van der Waals surface area (Å²) in [6.45, 7) is 4.72. The second-order valence-corrected chi connectivity index (χ2v) is 6.05. The molecule has 3 rings (SSSR count). The molecule has 0 bridgehead atoms. The molecule has 2 heterocycles. The van der Waals surface area contributed by atoms with Gasteiger partial charge in [0.25, 0.3) is 0 Å². The van der Waals surface area contributed by atoms with E-state index in [1.807, 2.05) is 11.9 Å². The number of alkyl halides is 3. The van der Waals surface area contributed by atoms with Crippen LogP contribution in [0.25, 0.3) is 0 Å². The van der Waals surface area contributed by atoms with E-state index in [-0.39, 0.29) is 11.3 Å². The molecule has 2 aliphatic rings. The fraction of sp³-hybridized carbons (Fsp3) is 0.500. The number of benzene rings is 1. The van der Waals surface area contributed by atoms with Gasteiger partial charge in [0.1, 0.15) is 5.82 Å². The minimum Gasteiger partial charge on any atom is -0.338 e. The largest absolute Gasteiger partial charge is 0.419 e. The van der Waals surface area contributed by atoms with Crippen LogP contribution >= 0.6 is 0 Å². The first kappa shape index (κ1) is 17.7. The highest BCUT2D eigenvalue weighted by atomic mass is 19.4. The lowest BCUT2D eigenvalue weighted by atomic mass is 9.99. The Bertz CT molecular complexity index is 722. The van der Waals surface area contributed by atoms with Crippen molar-refractivity contribution in [2.75, 3.05) is 20.1 Å². The van der Waals surface area contributed by atoms with Gasteiger partial charge in [0.05, 0.1) is 17.3 Å². The highest BCUT2D eigenvalue weighted by molar-refractivity contribution is 5.87. The first-order chi connectivity index (χ1) is 11.8. The van der Waals surface area contributed by atoms with Crippen molar-refractivity contribution in [3.63, 3.8) is 0 Å². The Morgan fingerprint density at radius 3 is 2.56 bits per heavy atom. The summed E-state index contributed by atoms with van der Waals surface area (Å²) in [5, 5.41) is 8.81. The van der Waals surface area contributed by atoms with Crippen molar-refractivity contribution in [1.82, 2.24) is 15.2 Å². The Morgan fingerprint density at radius 1 is 1.32 bits per heavy atom. The molecule has 1 fully saturated rings. The molecule has 1 unspecified atom stereocenters. The molecule has 0 spiro atoms. The second-order valence-electron chi connectivity index (χ2n) is 6.05. The summed E-state index contributed by atoms with van der Waals surface area (Å²) in [6, 6.07) is 1.58. The number of hydrazone groups is 1. The lowest BCUT2D eigenvalue weighted by molar-refractivity contribution is -0.140. The SMILES string of the molecule is C/C=N\N1C(N2CC(NC)C2)=Nc2ccc(C(F)(F)F)c(F)c2C1C. The van der Waals surface area contributed by atoms with Gasteiger partial charge in [0.15, 0.2) is 0 Å².